The standard InChI is InChI=1S/C14H25N3O2/c1-10-4-3-5-12(11(10)2)16-13(18)14(19)17-8-6-15-7-9-17/h10-12,15H,3-9H2,1-2H3,(H,16,18). The first-order valence-corrected chi connectivity index (χ1v) is 7.40. The van der Waals surface area contributed by atoms with E-state index >= 15 is 0 Å². The molecule has 108 valence electrons. The van der Waals surface area contributed by atoms with Crippen LogP contribution >= 0.6 is 0 Å². The minimum absolute atomic E-state index is 0.156. The van der Waals surface area contributed by atoms with E-state index in [1.807, 2.05) is 0 Å². The molecule has 1 aliphatic heterocycles. The van der Waals surface area contributed by atoms with Gasteiger partial charge in [0.2, 0.25) is 0 Å². The van der Waals surface area contributed by atoms with E-state index in [4.69, 9.17) is 0 Å². The Morgan fingerprint density at radius 2 is 1.84 bits per heavy atom. The third-order valence-electron chi connectivity index (χ3n) is 4.62. The second kappa shape index (κ2) is 6.37. The predicted molar refractivity (Wildman–Crippen MR) is 73.6 cm³/mol. The van der Waals surface area contributed by atoms with Crippen LogP contribution in [0.1, 0.15) is 33.1 Å². The van der Waals surface area contributed by atoms with Gasteiger partial charge in [0.05, 0.1) is 0 Å². The molecule has 2 rings (SSSR count). The van der Waals surface area contributed by atoms with Crippen molar-refractivity contribution in [3.63, 3.8) is 0 Å². The third-order valence-corrected chi connectivity index (χ3v) is 4.62. The molecule has 0 bridgehead atoms. The van der Waals surface area contributed by atoms with Gasteiger partial charge in [-0.3, -0.25) is 9.59 Å². The van der Waals surface area contributed by atoms with Gasteiger partial charge in [0.15, 0.2) is 0 Å². The highest BCUT2D eigenvalue weighted by Crippen LogP contribution is 2.29. The Morgan fingerprint density at radius 3 is 2.53 bits per heavy atom. The van der Waals surface area contributed by atoms with Gasteiger partial charge in [-0.05, 0) is 18.3 Å². The lowest BCUT2D eigenvalue weighted by Gasteiger charge is -2.35. The maximum Gasteiger partial charge on any atom is 0.311 e. The zero-order chi connectivity index (χ0) is 13.8. The largest absolute Gasteiger partial charge is 0.345 e. The van der Waals surface area contributed by atoms with Gasteiger partial charge in [0.1, 0.15) is 0 Å². The van der Waals surface area contributed by atoms with E-state index in [-0.39, 0.29) is 11.9 Å². The molecule has 1 aliphatic carbocycles. The van der Waals surface area contributed by atoms with Crippen molar-refractivity contribution in [3.8, 4) is 0 Å². The molecule has 2 aliphatic rings. The number of hydrogen-bond donors (Lipinski definition) is 2. The molecule has 3 unspecified atom stereocenters. The third kappa shape index (κ3) is 3.47. The van der Waals surface area contributed by atoms with Crippen molar-refractivity contribution < 1.29 is 9.59 Å². The number of amides is 2. The van der Waals surface area contributed by atoms with Crippen molar-refractivity contribution in [1.82, 2.24) is 15.5 Å². The molecular formula is C14H25N3O2. The van der Waals surface area contributed by atoms with Crippen LogP contribution in [0.2, 0.25) is 0 Å². The summed E-state index contributed by atoms with van der Waals surface area (Å²) in [5, 5.41) is 6.12. The normalized spacial score (nSPS) is 31.9. The molecule has 1 heterocycles. The number of piperazine rings is 1. The molecule has 2 fully saturated rings. The SMILES string of the molecule is CC1CCCC(NC(=O)C(=O)N2CCNCC2)C1C. The zero-order valence-corrected chi connectivity index (χ0v) is 11.9. The van der Waals surface area contributed by atoms with Crippen molar-refractivity contribution in [3.05, 3.63) is 0 Å². The van der Waals surface area contributed by atoms with Crippen molar-refractivity contribution in [2.75, 3.05) is 26.2 Å². The Balaban J connectivity index is 1.87. The van der Waals surface area contributed by atoms with E-state index in [1.54, 1.807) is 4.90 Å². The molecular weight excluding hydrogens is 242 g/mol. The van der Waals surface area contributed by atoms with Crippen molar-refractivity contribution in [2.45, 2.75) is 39.2 Å². The van der Waals surface area contributed by atoms with Gasteiger partial charge in [-0.15, -0.1) is 0 Å². The first kappa shape index (κ1) is 14.3. The highest BCUT2D eigenvalue weighted by atomic mass is 16.2. The van der Waals surface area contributed by atoms with E-state index in [1.165, 1.54) is 6.42 Å². The van der Waals surface area contributed by atoms with Gasteiger partial charge in [-0.2, -0.15) is 0 Å². The van der Waals surface area contributed by atoms with Gasteiger partial charge in [0.25, 0.3) is 0 Å². The lowest BCUT2D eigenvalue weighted by molar-refractivity contribution is -0.147. The summed E-state index contributed by atoms with van der Waals surface area (Å²) in [5.41, 5.74) is 0. The first-order valence-electron chi connectivity index (χ1n) is 7.40. The molecule has 0 aromatic heterocycles. The van der Waals surface area contributed by atoms with Crippen LogP contribution in [0.25, 0.3) is 0 Å². The molecule has 1 saturated carbocycles. The van der Waals surface area contributed by atoms with E-state index in [2.05, 4.69) is 24.5 Å². The van der Waals surface area contributed by atoms with Crippen LogP contribution in [-0.2, 0) is 9.59 Å². The number of carbonyl (C=O) groups excluding carboxylic acids is 2. The quantitative estimate of drug-likeness (QED) is 0.674. The summed E-state index contributed by atoms with van der Waals surface area (Å²) >= 11 is 0. The summed E-state index contributed by atoms with van der Waals surface area (Å²) in [6.07, 6.45) is 3.35. The van der Waals surface area contributed by atoms with Crippen LogP contribution in [0.3, 0.4) is 0 Å². The second-order valence-corrected chi connectivity index (χ2v) is 5.89. The summed E-state index contributed by atoms with van der Waals surface area (Å²) in [7, 11) is 0. The summed E-state index contributed by atoms with van der Waals surface area (Å²) in [6, 6.07) is 0.156. The Morgan fingerprint density at radius 1 is 1.16 bits per heavy atom. The molecule has 0 aromatic rings. The molecule has 0 spiro atoms. The minimum atomic E-state index is -0.423. The van der Waals surface area contributed by atoms with Crippen molar-refractivity contribution in [2.24, 2.45) is 11.8 Å². The minimum Gasteiger partial charge on any atom is -0.345 e. The molecule has 0 aromatic carbocycles. The van der Waals surface area contributed by atoms with Crippen LogP contribution in [0.5, 0.6) is 0 Å². The van der Waals surface area contributed by atoms with E-state index in [9.17, 15) is 9.59 Å². The molecule has 19 heavy (non-hydrogen) atoms. The number of nitrogens with one attached hydrogen (secondary N) is 2. The monoisotopic (exact) mass is 267 g/mol. The maximum atomic E-state index is 12.0. The highest BCUT2D eigenvalue weighted by Gasteiger charge is 2.31. The topological polar surface area (TPSA) is 61.4 Å². The Bertz CT molecular complexity index is 340. The number of nitrogens with zero attached hydrogens (tertiary/aromatic N) is 1. The van der Waals surface area contributed by atoms with Gasteiger partial charge in [-0.25, -0.2) is 0 Å². The fourth-order valence-corrected chi connectivity index (χ4v) is 3.03. The van der Waals surface area contributed by atoms with E-state index in [0.717, 1.165) is 25.9 Å². The molecule has 5 nitrogen and oxygen atoms in total. The van der Waals surface area contributed by atoms with Crippen LogP contribution in [0.4, 0.5) is 0 Å². The second-order valence-electron chi connectivity index (χ2n) is 5.89. The van der Waals surface area contributed by atoms with Gasteiger partial charge >= 0.3 is 11.8 Å². The Hall–Kier alpha value is -1.10. The first-order chi connectivity index (χ1) is 9.09. The molecule has 3 atom stereocenters. The maximum absolute atomic E-state index is 12.0. The predicted octanol–water partition coefficient (Wildman–Crippen LogP) is 0.359. The van der Waals surface area contributed by atoms with Crippen LogP contribution in [0.15, 0.2) is 0 Å². The van der Waals surface area contributed by atoms with E-state index in [0.29, 0.717) is 24.9 Å². The Kier molecular flexibility index (Phi) is 4.80. The van der Waals surface area contributed by atoms with Crippen LogP contribution < -0.4 is 10.6 Å². The average Bonchev–Trinajstić information content (AvgIpc) is 2.44. The lowest BCUT2D eigenvalue weighted by atomic mass is 9.78. The van der Waals surface area contributed by atoms with Crippen LogP contribution in [0, 0.1) is 11.8 Å². The molecule has 1 saturated heterocycles. The molecule has 2 N–H and O–H groups in total. The summed E-state index contributed by atoms with van der Waals surface area (Å²) in [6.45, 7) is 7.20. The van der Waals surface area contributed by atoms with E-state index < -0.39 is 5.91 Å². The smallest absolute Gasteiger partial charge is 0.311 e. The molecule has 2 amide bonds. The highest BCUT2D eigenvalue weighted by molar-refractivity contribution is 6.35. The number of hydrogen-bond acceptors (Lipinski definition) is 3. The fraction of sp³-hybridized carbons (Fsp3) is 0.857. The Labute approximate surface area is 115 Å². The molecule has 0 radical (unpaired) electrons. The molecule has 5 heteroatoms. The van der Waals surface area contributed by atoms with Crippen molar-refractivity contribution >= 4 is 11.8 Å². The summed E-state index contributed by atoms with van der Waals surface area (Å²) in [4.78, 5) is 25.7. The zero-order valence-electron chi connectivity index (χ0n) is 11.9. The van der Waals surface area contributed by atoms with Crippen LogP contribution in [-0.4, -0.2) is 48.9 Å². The number of rotatable bonds is 1. The van der Waals surface area contributed by atoms with Gasteiger partial charge in [0, 0.05) is 32.2 Å². The lowest BCUT2D eigenvalue weighted by Crippen LogP contribution is -2.54. The average molecular weight is 267 g/mol. The number of carbonyl (C=O) groups is 2. The van der Waals surface area contributed by atoms with Crippen molar-refractivity contribution in [1.29, 1.82) is 0 Å². The summed E-state index contributed by atoms with van der Waals surface area (Å²) in [5.74, 6) is 0.279. The van der Waals surface area contributed by atoms with Gasteiger partial charge in [-0.1, -0.05) is 26.7 Å². The fourth-order valence-electron chi connectivity index (χ4n) is 3.03. The summed E-state index contributed by atoms with van der Waals surface area (Å²) < 4.78 is 0. The van der Waals surface area contributed by atoms with Gasteiger partial charge < -0.3 is 15.5 Å².